The van der Waals surface area contributed by atoms with Gasteiger partial charge in [0.05, 0.1) is 13.8 Å². The predicted octanol–water partition coefficient (Wildman–Crippen LogP) is 7.45. The standard InChI is InChI=1S/C24H23Br2NO5S/c1-4-14(2)18-12-17(7-8-21(18)29)32-23-19(25)10-16(11-20(23)26)27(13-31-15(3)28)24(30)22-6-5-9-33-22/h5-12,14,29H,4,13H2,1-3H3. The SMILES string of the molecule is CCC(C)c1cc(Oc2c(Br)cc(N(COC(C)=O)C(=O)c3cccs3)cc2Br)ccc1O. The number of halogens is 2. The number of phenolic OH excluding ortho intramolecular Hbond substituents is 1. The summed E-state index contributed by atoms with van der Waals surface area (Å²) in [5.41, 5.74) is 1.33. The molecule has 1 atom stereocenters. The van der Waals surface area contributed by atoms with Crippen LogP contribution in [0, 0.1) is 0 Å². The third-order valence-corrected chi connectivity index (χ3v) is 7.07. The van der Waals surface area contributed by atoms with Crippen molar-refractivity contribution in [2.45, 2.75) is 33.1 Å². The van der Waals surface area contributed by atoms with Gasteiger partial charge in [-0.05, 0) is 86.0 Å². The van der Waals surface area contributed by atoms with Crippen LogP contribution in [0.1, 0.15) is 48.3 Å². The minimum absolute atomic E-state index is 0.181. The van der Waals surface area contributed by atoms with Crippen molar-refractivity contribution < 1.29 is 24.2 Å². The van der Waals surface area contributed by atoms with E-state index >= 15 is 0 Å². The molecule has 3 rings (SSSR count). The fourth-order valence-electron chi connectivity index (χ4n) is 3.07. The first-order chi connectivity index (χ1) is 15.7. The summed E-state index contributed by atoms with van der Waals surface area (Å²) >= 11 is 8.37. The average Bonchev–Trinajstić information content (AvgIpc) is 3.31. The number of thiophene rings is 1. The zero-order valence-corrected chi connectivity index (χ0v) is 22.3. The van der Waals surface area contributed by atoms with E-state index in [-0.39, 0.29) is 24.3 Å². The summed E-state index contributed by atoms with van der Waals surface area (Å²) in [4.78, 5) is 26.3. The number of nitrogens with zero attached hydrogens (tertiary/aromatic N) is 1. The van der Waals surface area contributed by atoms with Crippen molar-refractivity contribution in [3.8, 4) is 17.2 Å². The molecule has 0 aliphatic heterocycles. The number of amides is 1. The molecule has 1 amide bonds. The lowest BCUT2D eigenvalue weighted by Gasteiger charge is -2.23. The summed E-state index contributed by atoms with van der Waals surface area (Å²) in [6, 6.07) is 12.1. The maximum absolute atomic E-state index is 13.0. The molecule has 0 radical (unpaired) electrons. The van der Waals surface area contributed by atoms with Gasteiger partial charge in [-0.2, -0.15) is 0 Å². The fourth-order valence-corrected chi connectivity index (χ4v) is 5.06. The van der Waals surface area contributed by atoms with E-state index in [0.717, 1.165) is 12.0 Å². The lowest BCUT2D eigenvalue weighted by atomic mass is 9.97. The van der Waals surface area contributed by atoms with Gasteiger partial charge >= 0.3 is 5.97 Å². The Morgan fingerprint density at radius 1 is 1.15 bits per heavy atom. The first-order valence-electron chi connectivity index (χ1n) is 10.2. The third-order valence-electron chi connectivity index (χ3n) is 5.03. The Morgan fingerprint density at radius 2 is 1.85 bits per heavy atom. The van der Waals surface area contributed by atoms with E-state index in [2.05, 4.69) is 38.8 Å². The molecule has 0 aliphatic rings. The topological polar surface area (TPSA) is 76.1 Å². The van der Waals surface area contributed by atoms with Crippen LogP contribution in [0.2, 0.25) is 0 Å². The fraction of sp³-hybridized carbons (Fsp3) is 0.250. The van der Waals surface area contributed by atoms with E-state index in [1.807, 2.05) is 18.4 Å². The molecule has 0 spiro atoms. The summed E-state index contributed by atoms with van der Waals surface area (Å²) in [5, 5.41) is 12.0. The van der Waals surface area contributed by atoms with Crippen LogP contribution in [0.15, 0.2) is 56.8 Å². The van der Waals surface area contributed by atoms with Gasteiger partial charge in [-0.3, -0.25) is 14.5 Å². The van der Waals surface area contributed by atoms with Crippen molar-refractivity contribution in [2.75, 3.05) is 11.6 Å². The predicted molar refractivity (Wildman–Crippen MR) is 136 cm³/mol. The van der Waals surface area contributed by atoms with E-state index in [4.69, 9.17) is 9.47 Å². The van der Waals surface area contributed by atoms with Crippen LogP contribution in [0.5, 0.6) is 17.2 Å². The minimum Gasteiger partial charge on any atom is -0.508 e. The number of hydrogen-bond donors (Lipinski definition) is 1. The van der Waals surface area contributed by atoms with Crippen molar-refractivity contribution in [1.29, 1.82) is 0 Å². The average molecular weight is 597 g/mol. The number of hydrogen-bond acceptors (Lipinski definition) is 6. The summed E-state index contributed by atoms with van der Waals surface area (Å²) in [6.07, 6.45) is 0.884. The van der Waals surface area contributed by atoms with Crippen molar-refractivity contribution in [3.63, 3.8) is 0 Å². The van der Waals surface area contributed by atoms with Crippen molar-refractivity contribution >= 4 is 60.8 Å². The number of phenols is 1. The second-order valence-corrected chi connectivity index (χ2v) is 10.0. The number of ether oxygens (including phenoxy) is 2. The normalized spacial score (nSPS) is 11.7. The third kappa shape index (κ3) is 6.16. The van der Waals surface area contributed by atoms with Crippen LogP contribution in [0.4, 0.5) is 5.69 Å². The van der Waals surface area contributed by atoms with Gasteiger partial charge in [-0.25, -0.2) is 0 Å². The second-order valence-electron chi connectivity index (χ2n) is 7.35. The van der Waals surface area contributed by atoms with Crippen molar-refractivity contribution in [1.82, 2.24) is 0 Å². The number of rotatable bonds is 8. The zero-order chi connectivity index (χ0) is 24.1. The Bertz CT molecular complexity index is 1130. The van der Waals surface area contributed by atoms with E-state index in [9.17, 15) is 14.7 Å². The van der Waals surface area contributed by atoms with E-state index in [0.29, 0.717) is 31.0 Å². The number of anilines is 1. The first-order valence-corrected chi connectivity index (χ1v) is 12.7. The van der Waals surface area contributed by atoms with Crippen LogP contribution >= 0.6 is 43.2 Å². The molecule has 1 N–H and O–H groups in total. The largest absolute Gasteiger partial charge is 0.508 e. The minimum atomic E-state index is -0.485. The van der Waals surface area contributed by atoms with E-state index in [1.54, 1.807) is 36.4 Å². The van der Waals surface area contributed by atoms with Crippen LogP contribution in [-0.2, 0) is 9.53 Å². The first kappa shape index (κ1) is 25.3. The summed E-state index contributed by atoms with van der Waals surface area (Å²) < 4.78 is 12.4. The summed E-state index contributed by atoms with van der Waals surface area (Å²) in [7, 11) is 0. The van der Waals surface area contributed by atoms with Crippen LogP contribution < -0.4 is 9.64 Å². The lowest BCUT2D eigenvalue weighted by Crippen LogP contribution is -2.33. The van der Waals surface area contributed by atoms with Gasteiger partial charge in [0.2, 0.25) is 0 Å². The second kappa shape index (κ2) is 11.2. The number of aromatic hydroxyl groups is 1. The highest BCUT2D eigenvalue weighted by Crippen LogP contribution is 2.42. The van der Waals surface area contributed by atoms with Gasteiger partial charge < -0.3 is 14.6 Å². The molecule has 1 unspecified atom stereocenters. The molecule has 9 heteroatoms. The monoisotopic (exact) mass is 595 g/mol. The maximum Gasteiger partial charge on any atom is 0.304 e. The molecule has 33 heavy (non-hydrogen) atoms. The number of carbonyl (C=O) groups is 2. The van der Waals surface area contributed by atoms with E-state index in [1.165, 1.54) is 23.2 Å². The number of carbonyl (C=O) groups excluding carboxylic acids is 2. The Hall–Kier alpha value is -2.36. The Balaban J connectivity index is 1.93. The van der Waals surface area contributed by atoms with E-state index < -0.39 is 5.97 Å². The molecule has 0 bridgehead atoms. The van der Waals surface area contributed by atoms with Gasteiger partial charge in [0.25, 0.3) is 5.91 Å². The summed E-state index contributed by atoms with van der Waals surface area (Å²) in [5.74, 6) is 0.732. The molecule has 0 fully saturated rings. The summed E-state index contributed by atoms with van der Waals surface area (Å²) in [6.45, 7) is 5.17. The van der Waals surface area contributed by atoms with Crippen LogP contribution in [-0.4, -0.2) is 23.7 Å². The van der Waals surface area contributed by atoms with Crippen LogP contribution in [0.25, 0.3) is 0 Å². The molecule has 1 heterocycles. The van der Waals surface area contributed by atoms with Gasteiger partial charge in [-0.1, -0.05) is 19.9 Å². The number of benzene rings is 2. The molecular weight excluding hydrogens is 574 g/mol. The van der Waals surface area contributed by atoms with Gasteiger partial charge in [0.15, 0.2) is 12.5 Å². The lowest BCUT2D eigenvalue weighted by molar-refractivity contribution is -0.140. The van der Waals surface area contributed by atoms with Gasteiger partial charge in [-0.15, -0.1) is 11.3 Å². The van der Waals surface area contributed by atoms with Crippen molar-refractivity contribution in [3.05, 3.63) is 67.2 Å². The smallest absolute Gasteiger partial charge is 0.304 e. The number of esters is 1. The van der Waals surface area contributed by atoms with Gasteiger partial charge in [0.1, 0.15) is 11.5 Å². The molecule has 2 aromatic carbocycles. The molecule has 0 saturated carbocycles. The molecule has 1 aromatic heterocycles. The molecule has 0 saturated heterocycles. The molecule has 0 aliphatic carbocycles. The molecular formula is C24H23Br2NO5S. The van der Waals surface area contributed by atoms with Crippen molar-refractivity contribution in [2.24, 2.45) is 0 Å². The molecule has 3 aromatic rings. The Kier molecular flexibility index (Phi) is 8.56. The van der Waals surface area contributed by atoms with Crippen LogP contribution in [0.3, 0.4) is 0 Å². The highest BCUT2D eigenvalue weighted by molar-refractivity contribution is 9.11. The Morgan fingerprint density at radius 3 is 2.42 bits per heavy atom. The zero-order valence-electron chi connectivity index (χ0n) is 18.3. The highest BCUT2D eigenvalue weighted by Gasteiger charge is 2.23. The molecule has 6 nitrogen and oxygen atoms in total. The van der Waals surface area contributed by atoms with Gasteiger partial charge in [0, 0.05) is 18.2 Å². The Labute approximate surface area is 213 Å². The maximum atomic E-state index is 13.0. The molecule has 174 valence electrons. The highest BCUT2D eigenvalue weighted by atomic mass is 79.9. The quantitative estimate of drug-likeness (QED) is 0.216.